The molecule has 6 nitrogen and oxygen atoms in total. The van der Waals surface area contributed by atoms with Gasteiger partial charge in [0.1, 0.15) is 11.9 Å². The van der Waals surface area contributed by atoms with E-state index in [0.29, 0.717) is 11.3 Å². The zero-order valence-corrected chi connectivity index (χ0v) is 16.9. The summed E-state index contributed by atoms with van der Waals surface area (Å²) in [5.74, 6) is -2.40. The van der Waals surface area contributed by atoms with Crippen LogP contribution in [0.4, 0.5) is 10.1 Å². The monoisotopic (exact) mass is 427 g/mol. The van der Waals surface area contributed by atoms with E-state index in [1.807, 2.05) is 12.1 Å². The van der Waals surface area contributed by atoms with Crippen LogP contribution >= 0.6 is 0 Å². The second kappa shape index (κ2) is 8.82. The molecule has 0 bridgehead atoms. The van der Waals surface area contributed by atoms with Gasteiger partial charge in [-0.15, -0.1) is 0 Å². The Balaban J connectivity index is 1.69. The third kappa shape index (κ3) is 3.98. The van der Waals surface area contributed by atoms with Crippen molar-refractivity contribution in [2.45, 2.75) is 19.0 Å². The van der Waals surface area contributed by atoms with Crippen LogP contribution in [0.5, 0.6) is 0 Å². The molecule has 0 saturated carbocycles. The molecule has 1 fully saturated rings. The first-order valence-electron chi connectivity index (χ1n) is 9.96. The van der Waals surface area contributed by atoms with Gasteiger partial charge in [0, 0.05) is 6.54 Å². The highest BCUT2D eigenvalue weighted by Gasteiger charge is 2.44. The van der Waals surface area contributed by atoms with Crippen LogP contribution in [-0.2, 0) is 16.1 Å². The van der Waals surface area contributed by atoms with Crippen LogP contribution in [0.2, 0.25) is 0 Å². The van der Waals surface area contributed by atoms with Gasteiger partial charge in [-0.2, -0.15) is 5.26 Å². The lowest BCUT2D eigenvalue weighted by molar-refractivity contribution is -0.122. The number of nitriles is 1. The molecular weight excluding hydrogens is 409 g/mol. The quantitative estimate of drug-likeness (QED) is 0.582. The molecule has 158 valence electrons. The minimum absolute atomic E-state index is 0.0406. The number of benzene rings is 3. The fourth-order valence-corrected chi connectivity index (χ4v) is 3.71. The Hall–Kier alpha value is -4.31. The molecule has 3 aromatic rings. The molecule has 1 heterocycles. The molecule has 3 aromatic carbocycles. The summed E-state index contributed by atoms with van der Waals surface area (Å²) >= 11 is 0. The molecule has 0 aliphatic carbocycles. The molecule has 1 saturated heterocycles. The van der Waals surface area contributed by atoms with E-state index in [2.05, 4.69) is 0 Å². The standard InChI is InChI=1S/C25H18FN3O3/c26-21-9-5-4-8-20(21)24(31)28(16-18-6-2-1-3-7-18)22-14-23(30)29(25(22)32)19-12-10-17(15-27)11-13-19/h1-13,22H,14,16H2. The van der Waals surface area contributed by atoms with Gasteiger partial charge in [-0.25, -0.2) is 9.29 Å². The Bertz CT molecular complexity index is 1220. The summed E-state index contributed by atoms with van der Waals surface area (Å²) in [5.41, 5.74) is 1.29. The maximum atomic E-state index is 14.4. The van der Waals surface area contributed by atoms with Crippen LogP contribution in [0.1, 0.15) is 27.9 Å². The Morgan fingerprint density at radius 3 is 2.31 bits per heavy atom. The van der Waals surface area contributed by atoms with Gasteiger partial charge in [-0.05, 0) is 42.0 Å². The first-order chi connectivity index (χ1) is 15.5. The fraction of sp³-hybridized carbons (Fsp3) is 0.120. The van der Waals surface area contributed by atoms with E-state index in [4.69, 9.17) is 5.26 Å². The van der Waals surface area contributed by atoms with Crippen LogP contribution in [-0.4, -0.2) is 28.7 Å². The first-order valence-corrected chi connectivity index (χ1v) is 9.96. The lowest BCUT2D eigenvalue weighted by atomic mass is 10.1. The zero-order chi connectivity index (χ0) is 22.7. The fourth-order valence-electron chi connectivity index (χ4n) is 3.71. The van der Waals surface area contributed by atoms with E-state index < -0.39 is 29.6 Å². The second-order valence-electron chi connectivity index (χ2n) is 7.34. The Labute approximate surface area is 184 Å². The number of amides is 3. The number of carbonyl (C=O) groups is 3. The maximum Gasteiger partial charge on any atom is 0.257 e. The van der Waals surface area contributed by atoms with Crippen LogP contribution in [0.3, 0.4) is 0 Å². The molecule has 32 heavy (non-hydrogen) atoms. The lowest BCUT2D eigenvalue weighted by Gasteiger charge is -2.28. The number of rotatable bonds is 5. The van der Waals surface area contributed by atoms with Crippen molar-refractivity contribution in [1.82, 2.24) is 4.90 Å². The van der Waals surface area contributed by atoms with E-state index in [-0.39, 0.29) is 18.5 Å². The Kier molecular flexibility index (Phi) is 5.77. The van der Waals surface area contributed by atoms with Gasteiger partial charge in [0.05, 0.1) is 29.3 Å². The average molecular weight is 427 g/mol. The third-order valence-corrected chi connectivity index (χ3v) is 5.31. The van der Waals surface area contributed by atoms with E-state index in [1.165, 1.54) is 47.4 Å². The van der Waals surface area contributed by atoms with Crippen LogP contribution in [0.25, 0.3) is 0 Å². The van der Waals surface area contributed by atoms with Crippen molar-refractivity contribution in [1.29, 1.82) is 5.26 Å². The van der Waals surface area contributed by atoms with Gasteiger partial charge < -0.3 is 4.90 Å². The number of imide groups is 1. The molecule has 0 radical (unpaired) electrons. The maximum absolute atomic E-state index is 14.4. The van der Waals surface area contributed by atoms with Crippen LogP contribution in [0.15, 0.2) is 78.9 Å². The molecule has 4 rings (SSSR count). The molecule has 1 atom stereocenters. The summed E-state index contributed by atoms with van der Waals surface area (Å²) in [6.07, 6.45) is -0.216. The topological polar surface area (TPSA) is 81.5 Å². The molecule has 1 unspecified atom stereocenters. The third-order valence-electron chi connectivity index (χ3n) is 5.31. The number of carbonyl (C=O) groups excluding carboxylic acids is 3. The van der Waals surface area contributed by atoms with Crippen molar-refractivity contribution in [3.8, 4) is 6.07 Å². The van der Waals surface area contributed by atoms with Crippen LogP contribution < -0.4 is 4.90 Å². The van der Waals surface area contributed by atoms with Gasteiger partial charge in [0.25, 0.3) is 11.8 Å². The van der Waals surface area contributed by atoms with Gasteiger partial charge in [0.15, 0.2) is 0 Å². The van der Waals surface area contributed by atoms with Crippen molar-refractivity contribution >= 4 is 23.4 Å². The molecule has 1 aliphatic rings. The lowest BCUT2D eigenvalue weighted by Crippen LogP contribution is -2.45. The summed E-state index contributed by atoms with van der Waals surface area (Å²) in [6.45, 7) is 0.0406. The molecular formula is C25H18FN3O3. The summed E-state index contributed by atoms with van der Waals surface area (Å²) < 4.78 is 14.4. The minimum atomic E-state index is -1.08. The molecule has 3 amide bonds. The predicted octanol–water partition coefficient (Wildman–Crippen LogP) is 3.67. The predicted molar refractivity (Wildman–Crippen MR) is 115 cm³/mol. The number of nitrogens with zero attached hydrogens (tertiary/aromatic N) is 3. The van der Waals surface area contributed by atoms with E-state index in [9.17, 15) is 18.8 Å². The number of anilines is 1. The SMILES string of the molecule is N#Cc1ccc(N2C(=O)CC(N(Cc3ccccc3)C(=O)c3ccccc3F)C2=O)cc1. The van der Waals surface area contributed by atoms with Crippen molar-refractivity contribution in [3.05, 3.63) is 101 Å². The summed E-state index contributed by atoms with van der Waals surface area (Å²) in [6, 6.07) is 21.5. The van der Waals surface area contributed by atoms with E-state index >= 15 is 0 Å². The highest BCUT2D eigenvalue weighted by atomic mass is 19.1. The van der Waals surface area contributed by atoms with E-state index in [0.717, 1.165) is 10.5 Å². The minimum Gasteiger partial charge on any atom is -0.322 e. The Morgan fingerprint density at radius 1 is 1.00 bits per heavy atom. The largest absolute Gasteiger partial charge is 0.322 e. The van der Waals surface area contributed by atoms with Crippen molar-refractivity contribution in [2.75, 3.05) is 4.90 Å². The van der Waals surface area contributed by atoms with Crippen molar-refractivity contribution < 1.29 is 18.8 Å². The molecule has 0 N–H and O–H groups in total. The van der Waals surface area contributed by atoms with Crippen molar-refractivity contribution in [3.63, 3.8) is 0 Å². The summed E-state index contributed by atoms with van der Waals surface area (Å²) in [7, 11) is 0. The number of hydrogen-bond donors (Lipinski definition) is 0. The number of hydrogen-bond acceptors (Lipinski definition) is 4. The van der Waals surface area contributed by atoms with Gasteiger partial charge in [-0.3, -0.25) is 14.4 Å². The zero-order valence-electron chi connectivity index (χ0n) is 16.9. The summed E-state index contributed by atoms with van der Waals surface area (Å²) in [5, 5.41) is 8.97. The normalized spacial score (nSPS) is 15.5. The highest BCUT2D eigenvalue weighted by molar-refractivity contribution is 6.23. The highest BCUT2D eigenvalue weighted by Crippen LogP contribution is 2.28. The smallest absolute Gasteiger partial charge is 0.257 e. The van der Waals surface area contributed by atoms with E-state index in [1.54, 1.807) is 30.3 Å². The number of halogens is 1. The molecule has 1 aliphatic heterocycles. The molecule has 0 spiro atoms. The van der Waals surface area contributed by atoms with Crippen LogP contribution in [0, 0.1) is 17.1 Å². The second-order valence-corrected chi connectivity index (χ2v) is 7.34. The Morgan fingerprint density at radius 2 is 1.66 bits per heavy atom. The summed E-state index contributed by atoms with van der Waals surface area (Å²) in [4.78, 5) is 41.6. The van der Waals surface area contributed by atoms with Gasteiger partial charge in [0.2, 0.25) is 5.91 Å². The van der Waals surface area contributed by atoms with Gasteiger partial charge >= 0.3 is 0 Å². The van der Waals surface area contributed by atoms with Gasteiger partial charge in [-0.1, -0.05) is 42.5 Å². The molecule has 7 heteroatoms. The average Bonchev–Trinajstić information content (AvgIpc) is 3.11. The van der Waals surface area contributed by atoms with Crippen molar-refractivity contribution in [2.24, 2.45) is 0 Å². The first kappa shape index (κ1) is 20.9. The molecule has 0 aromatic heterocycles.